The van der Waals surface area contributed by atoms with Gasteiger partial charge in [-0.05, 0) is 37.0 Å². The Bertz CT molecular complexity index is 525. The molecule has 3 rings (SSSR count). The van der Waals surface area contributed by atoms with E-state index in [1.807, 2.05) is 0 Å². The maximum atomic E-state index is 12.9. The number of likely N-dealkylation sites (tertiary alicyclic amines) is 1. The summed E-state index contributed by atoms with van der Waals surface area (Å²) in [5.74, 6) is -0.366. The predicted octanol–water partition coefficient (Wildman–Crippen LogP) is 1.60. The molecule has 5 heteroatoms. The van der Waals surface area contributed by atoms with Gasteiger partial charge in [-0.3, -0.25) is 9.59 Å². The van der Waals surface area contributed by atoms with E-state index in [4.69, 9.17) is 0 Å². The average molecular weight is 276 g/mol. The maximum Gasteiger partial charge on any atom is 0.243 e. The zero-order valence-electron chi connectivity index (χ0n) is 11.1. The van der Waals surface area contributed by atoms with Crippen LogP contribution in [0.1, 0.15) is 31.2 Å². The summed E-state index contributed by atoms with van der Waals surface area (Å²) in [4.78, 5) is 25.7. The summed E-state index contributed by atoms with van der Waals surface area (Å²) in [5, 5.41) is 2.95. The van der Waals surface area contributed by atoms with Gasteiger partial charge in [0.05, 0.1) is 0 Å². The van der Waals surface area contributed by atoms with Crippen molar-refractivity contribution in [1.29, 1.82) is 0 Å². The van der Waals surface area contributed by atoms with Crippen molar-refractivity contribution in [3.63, 3.8) is 0 Å². The summed E-state index contributed by atoms with van der Waals surface area (Å²) in [6.07, 6.45) is 3.04. The predicted molar refractivity (Wildman–Crippen MR) is 71.1 cm³/mol. The van der Waals surface area contributed by atoms with Crippen molar-refractivity contribution in [3.05, 3.63) is 35.6 Å². The van der Waals surface area contributed by atoms with E-state index in [2.05, 4.69) is 5.32 Å². The first kappa shape index (κ1) is 13.1. The number of benzene rings is 1. The SMILES string of the molecule is O=C(NC1CC1)C1CCC(=O)N1Cc1ccc(F)cc1. The molecule has 1 N–H and O–H groups in total. The van der Waals surface area contributed by atoms with Crippen molar-refractivity contribution >= 4 is 11.8 Å². The highest BCUT2D eigenvalue weighted by atomic mass is 19.1. The Morgan fingerprint density at radius 1 is 1.25 bits per heavy atom. The average Bonchev–Trinajstić information content (AvgIpc) is 3.16. The van der Waals surface area contributed by atoms with Crippen molar-refractivity contribution in [3.8, 4) is 0 Å². The minimum Gasteiger partial charge on any atom is -0.352 e. The van der Waals surface area contributed by atoms with Gasteiger partial charge in [0.15, 0.2) is 0 Å². The molecule has 0 bridgehead atoms. The van der Waals surface area contributed by atoms with Crippen molar-refractivity contribution in [2.45, 2.75) is 44.3 Å². The highest BCUT2D eigenvalue weighted by molar-refractivity contribution is 5.91. The van der Waals surface area contributed by atoms with Crippen LogP contribution in [0.3, 0.4) is 0 Å². The van der Waals surface area contributed by atoms with Gasteiger partial charge in [-0.25, -0.2) is 4.39 Å². The highest BCUT2D eigenvalue weighted by Crippen LogP contribution is 2.24. The van der Waals surface area contributed by atoms with E-state index in [9.17, 15) is 14.0 Å². The molecule has 1 heterocycles. The fourth-order valence-corrected chi connectivity index (χ4v) is 2.52. The number of hydrogen-bond acceptors (Lipinski definition) is 2. The van der Waals surface area contributed by atoms with E-state index in [1.54, 1.807) is 17.0 Å². The summed E-state index contributed by atoms with van der Waals surface area (Å²) < 4.78 is 12.9. The Hall–Kier alpha value is -1.91. The van der Waals surface area contributed by atoms with Crippen LogP contribution < -0.4 is 5.32 Å². The summed E-state index contributed by atoms with van der Waals surface area (Å²) in [6.45, 7) is 0.363. The van der Waals surface area contributed by atoms with Gasteiger partial charge >= 0.3 is 0 Å². The smallest absolute Gasteiger partial charge is 0.243 e. The number of carbonyl (C=O) groups excluding carboxylic acids is 2. The van der Waals surface area contributed by atoms with Gasteiger partial charge in [0.25, 0.3) is 0 Å². The molecule has 2 amide bonds. The van der Waals surface area contributed by atoms with Crippen molar-refractivity contribution < 1.29 is 14.0 Å². The molecule has 2 fully saturated rings. The topological polar surface area (TPSA) is 49.4 Å². The van der Waals surface area contributed by atoms with Crippen molar-refractivity contribution in [1.82, 2.24) is 10.2 Å². The zero-order valence-corrected chi connectivity index (χ0v) is 11.1. The summed E-state index contributed by atoms with van der Waals surface area (Å²) in [5.41, 5.74) is 0.839. The second-order valence-electron chi connectivity index (χ2n) is 5.49. The van der Waals surface area contributed by atoms with Gasteiger partial charge in [0, 0.05) is 19.0 Å². The number of rotatable bonds is 4. The number of nitrogens with one attached hydrogen (secondary N) is 1. The molecule has 0 radical (unpaired) electrons. The third-order valence-corrected chi connectivity index (χ3v) is 3.82. The van der Waals surface area contributed by atoms with Gasteiger partial charge in [0.1, 0.15) is 11.9 Å². The Balaban J connectivity index is 1.69. The van der Waals surface area contributed by atoms with E-state index in [-0.39, 0.29) is 23.7 Å². The first-order chi connectivity index (χ1) is 9.63. The number of carbonyl (C=O) groups is 2. The lowest BCUT2D eigenvalue weighted by Crippen LogP contribution is -2.45. The Labute approximate surface area is 117 Å². The fraction of sp³-hybridized carbons (Fsp3) is 0.467. The second-order valence-corrected chi connectivity index (χ2v) is 5.49. The number of halogens is 1. The van der Waals surface area contributed by atoms with Crippen LogP contribution in [0.15, 0.2) is 24.3 Å². The third kappa shape index (κ3) is 2.81. The number of hydrogen-bond donors (Lipinski definition) is 1. The molecule has 1 unspecified atom stereocenters. The molecule has 0 spiro atoms. The van der Waals surface area contributed by atoms with Crippen LogP contribution in [0, 0.1) is 5.82 Å². The van der Waals surface area contributed by atoms with Crippen LogP contribution in [-0.2, 0) is 16.1 Å². The molecule has 1 saturated carbocycles. The molecular weight excluding hydrogens is 259 g/mol. The Kier molecular flexibility index (Phi) is 3.42. The van der Waals surface area contributed by atoms with E-state index >= 15 is 0 Å². The van der Waals surface area contributed by atoms with Crippen LogP contribution in [0.5, 0.6) is 0 Å². The lowest BCUT2D eigenvalue weighted by molar-refractivity contribution is -0.135. The fourth-order valence-electron chi connectivity index (χ4n) is 2.52. The molecule has 0 aromatic heterocycles. The van der Waals surface area contributed by atoms with E-state index in [0.29, 0.717) is 25.4 Å². The summed E-state index contributed by atoms with van der Waals surface area (Å²) in [7, 11) is 0. The molecule has 1 aromatic rings. The first-order valence-electron chi connectivity index (χ1n) is 6.98. The molecular formula is C15H17FN2O2. The molecule has 106 valence electrons. The molecule has 20 heavy (non-hydrogen) atoms. The molecule has 1 aromatic carbocycles. The zero-order chi connectivity index (χ0) is 14.1. The number of nitrogens with zero attached hydrogens (tertiary/aromatic N) is 1. The van der Waals surface area contributed by atoms with Crippen LogP contribution >= 0.6 is 0 Å². The first-order valence-corrected chi connectivity index (χ1v) is 6.98. The Morgan fingerprint density at radius 2 is 1.95 bits per heavy atom. The van der Waals surface area contributed by atoms with Crippen LogP contribution in [-0.4, -0.2) is 28.8 Å². The molecule has 1 saturated heterocycles. The minimum atomic E-state index is -0.381. The van der Waals surface area contributed by atoms with Crippen molar-refractivity contribution in [2.75, 3.05) is 0 Å². The molecule has 1 aliphatic carbocycles. The van der Waals surface area contributed by atoms with Gasteiger partial charge < -0.3 is 10.2 Å². The summed E-state index contributed by atoms with van der Waals surface area (Å²) in [6, 6.07) is 5.96. The van der Waals surface area contributed by atoms with Gasteiger partial charge in [-0.1, -0.05) is 12.1 Å². The standard InChI is InChI=1S/C15H17FN2O2/c16-11-3-1-10(2-4-11)9-18-13(7-8-14(18)19)15(20)17-12-5-6-12/h1-4,12-13H,5-9H2,(H,17,20). The normalized spacial score (nSPS) is 22.1. The van der Waals surface area contributed by atoms with Gasteiger partial charge in [-0.2, -0.15) is 0 Å². The quantitative estimate of drug-likeness (QED) is 0.908. The molecule has 4 nitrogen and oxygen atoms in total. The lowest BCUT2D eigenvalue weighted by atomic mass is 10.1. The monoisotopic (exact) mass is 276 g/mol. The van der Waals surface area contributed by atoms with Crippen molar-refractivity contribution in [2.24, 2.45) is 0 Å². The lowest BCUT2D eigenvalue weighted by Gasteiger charge is -2.24. The van der Waals surface area contributed by atoms with E-state index in [0.717, 1.165) is 18.4 Å². The summed E-state index contributed by atoms with van der Waals surface area (Å²) >= 11 is 0. The molecule has 2 aliphatic rings. The highest BCUT2D eigenvalue weighted by Gasteiger charge is 2.37. The second kappa shape index (κ2) is 5.23. The van der Waals surface area contributed by atoms with E-state index < -0.39 is 0 Å². The van der Waals surface area contributed by atoms with E-state index in [1.165, 1.54) is 12.1 Å². The Morgan fingerprint density at radius 3 is 2.60 bits per heavy atom. The maximum absolute atomic E-state index is 12.9. The molecule has 1 atom stereocenters. The third-order valence-electron chi connectivity index (χ3n) is 3.82. The van der Waals surface area contributed by atoms with Crippen LogP contribution in [0.2, 0.25) is 0 Å². The number of amides is 2. The molecule has 1 aliphatic heterocycles. The van der Waals surface area contributed by atoms with Gasteiger partial charge in [0.2, 0.25) is 11.8 Å². The van der Waals surface area contributed by atoms with Crippen LogP contribution in [0.4, 0.5) is 4.39 Å². The largest absolute Gasteiger partial charge is 0.352 e. The van der Waals surface area contributed by atoms with Crippen LogP contribution in [0.25, 0.3) is 0 Å². The van der Waals surface area contributed by atoms with Gasteiger partial charge in [-0.15, -0.1) is 0 Å². The minimum absolute atomic E-state index is 0.00901.